The smallest absolute Gasteiger partial charge is 0.134 e. The van der Waals surface area contributed by atoms with Crippen molar-refractivity contribution in [3.63, 3.8) is 0 Å². The number of ether oxygens (including phenoxy) is 1. The minimum Gasteiger partial charge on any atom is -0.464 e. The van der Waals surface area contributed by atoms with Gasteiger partial charge in [-0.2, -0.15) is 0 Å². The molecule has 0 aliphatic carbocycles. The van der Waals surface area contributed by atoms with E-state index in [0.717, 1.165) is 37.6 Å². The summed E-state index contributed by atoms with van der Waals surface area (Å²) in [5.41, 5.74) is 8.14. The Labute approximate surface area is 119 Å². The standard InChI is InChI=1S/C16H20N2O2/c17-10-14-12-18(7-9-19-14)11-13-4-1-2-5-15(13)16-6-3-8-20-16/h1-6,8,14H,7,9-12,17H2. The zero-order valence-electron chi connectivity index (χ0n) is 11.5. The largest absolute Gasteiger partial charge is 0.464 e. The SMILES string of the molecule is NCC1CN(Cc2ccccc2-c2ccco2)CCO1. The van der Waals surface area contributed by atoms with Gasteiger partial charge in [-0.3, -0.25) is 4.90 Å². The highest BCUT2D eigenvalue weighted by Gasteiger charge is 2.20. The van der Waals surface area contributed by atoms with Gasteiger partial charge in [-0.1, -0.05) is 24.3 Å². The summed E-state index contributed by atoms with van der Waals surface area (Å²) in [7, 11) is 0. The summed E-state index contributed by atoms with van der Waals surface area (Å²) in [4.78, 5) is 2.39. The molecule has 1 aliphatic rings. The molecule has 4 heteroatoms. The van der Waals surface area contributed by atoms with E-state index in [4.69, 9.17) is 14.9 Å². The highest BCUT2D eigenvalue weighted by molar-refractivity contribution is 5.61. The molecule has 2 N–H and O–H groups in total. The van der Waals surface area contributed by atoms with Crippen LogP contribution >= 0.6 is 0 Å². The van der Waals surface area contributed by atoms with Crippen molar-refractivity contribution in [1.29, 1.82) is 0 Å². The van der Waals surface area contributed by atoms with Crippen molar-refractivity contribution < 1.29 is 9.15 Å². The maximum atomic E-state index is 5.70. The molecule has 0 spiro atoms. The van der Waals surface area contributed by atoms with Gasteiger partial charge in [0.25, 0.3) is 0 Å². The average Bonchev–Trinajstić information content (AvgIpc) is 3.02. The molecule has 4 nitrogen and oxygen atoms in total. The van der Waals surface area contributed by atoms with Crippen LogP contribution in [-0.4, -0.2) is 37.2 Å². The molecule has 0 bridgehead atoms. The minimum atomic E-state index is 0.152. The summed E-state index contributed by atoms with van der Waals surface area (Å²) in [6, 6.07) is 12.3. The lowest BCUT2D eigenvalue weighted by atomic mass is 10.0. The van der Waals surface area contributed by atoms with Gasteiger partial charge in [-0.25, -0.2) is 0 Å². The van der Waals surface area contributed by atoms with E-state index in [-0.39, 0.29) is 6.10 Å². The van der Waals surface area contributed by atoms with E-state index in [2.05, 4.69) is 23.1 Å². The molecule has 1 fully saturated rings. The fraction of sp³-hybridized carbons (Fsp3) is 0.375. The first-order valence-electron chi connectivity index (χ1n) is 7.02. The van der Waals surface area contributed by atoms with E-state index >= 15 is 0 Å². The molecular weight excluding hydrogens is 252 g/mol. The van der Waals surface area contributed by atoms with E-state index in [1.54, 1.807) is 6.26 Å². The van der Waals surface area contributed by atoms with Crippen LogP contribution in [0.3, 0.4) is 0 Å². The van der Waals surface area contributed by atoms with Crippen LogP contribution in [0.4, 0.5) is 0 Å². The quantitative estimate of drug-likeness (QED) is 0.926. The Kier molecular flexibility index (Phi) is 4.16. The lowest BCUT2D eigenvalue weighted by Gasteiger charge is -2.32. The molecule has 1 atom stereocenters. The Bertz CT molecular complexity index is 539. The zero-order valence-corrected chi connectivity index (χ0v) is 11.5. The van der Waals surface area contributed by atoms with Crippen molar-refractivity contribution in [3.05, 3.63) is 48.2 Å². The summed E-state index contributed by atoms with van der Waals surface area (Å²) in [5, 5.41) is 0. The second kappa shape index (κ2) is 6.22. The van der Waals surface area contributed by atoms with Crippen molar-refractivity contribution in [2.45, 2.75) is 12.6 Å². The average molecular weight is 272 g/mol. The molecule has 1 aliphatic heterocycles. The molecule has 106 valence electrons. The first-order valence-corrected chi connectivity index (χ1v) is 7.02. The molecule has 1 aromatic heterocycles. The van der Waals surface area contributed by atoms with Gasteiger partial charge in [0, 0.05) is 31.7 Å². The molecule has 1 saturated heterocycles. The zero-order chi connectivity index (χ0) is 13.8. The Morgan fingerprint density at radius 2 is 2.10 bits per heavy atom. The normalized spacial score (nSPS) is 20.1. The van der Waals surface area contributed by atoms with Gasteiger partial charge >= 0.3 is 0 Å². The first-order chi connectivity index (χ1) is 9.86. The monoisotopic (exact) mass is 272 g/mol. The number of benzene rings is 1. The summed E-state index contributed by atoms with van der Waals surface area (Å²) < 4.78 is 11.1. The van der Waals surface area contributed by atoms with Gasteiger partial charge in [0.05, 0.1) is 19.0 Å². The van der Waals surface area contributed by atoms with Crippen molar-refractivity contribution in [1.82, 2.24) is 4.90 Å². The maximum absolute atomic E-state index is 5.70. The van der Waals surface area contributed by atoms with E-state index in [1.165, 1.54) is 5.56 Å². The topological polar surface area (TPSA) is 51.6 Å². The highest BCUT2D eigenvalue weighted by Crippen LogP contribution is 2.25. The van der Waals surface area contributed by atoms with Gasteiger partial charge in [-0.15, -0.1) is 0 Å². The van der Waals surface area contributed by atoms with Gasteiger partial charge in [0.2, 0.25) is 0 Å². The lowest BCUT2D eigenvalue weighted by Crippen LogP contribution is -2.45. The van der Waals surface area contributed by atoms with Crippen molar-refractivity contribution in [2.75, 3.05) is 26.2 Å². The molecule has 1 aromatic carbocycles. The van der Waals surface area contributed by atoms with Crippen molar-refractivity contribution >= 4 is 0 Å². The van der Waals surface area contributed by atoms with Gasteiger partial charge in [0.1, 0.15) is 5.76 Å². The highest BCUT2D eigenvalue weighted by atomic mass is 16.5. The first kappa shape index (κ1) is 13.4. The number of nitrogens with zero attached hydrogens (tertiary/aromatic N) is 1. The summed E-state index contributed by atoms with van der Waals surface area (Å²) in [5.74, 6) is 0.921. The summed E-state index contributed by atoms with van der Waals surface area (Å²) in [6.07, 6.45) is 1.87. The molecule has 1 unspecified atom stereocenters. The molecule has 20 heavy (non-hydrogen) atoms. The van der Waals surface area contributed by atoms with Crippen LogP contribution in [0.1, 0.15) is 5.56 Å². The molecular formula is C16H20N2O2. The van der Waals surface area contributed by atoms with Crippen molar-refractivity contribution in [3.8, 4) is 11.3 Å². The fourth-order valence-corrected chi connectivity index (χ4v) is 2.64. The van der Waals surface area contributed by atoms with E-state index in [0.29, 0.717) is 6.54 Å². The number of rotatable bonds is 4. The third-order valence-electron chi connectivity index (χ3n) is 3.68. The molecule has 2 aromatic rings. The van der Waals surface area contributed by atoms with Crippen LogP contribution in [0.15, 0.2) is 47.1 Å². The number of nitrogens with two attached hydrogens (primary N) is 1. The number of furan rings is 1. The van der Waals surface area contributed by atoms with Gasteiger partial charge in [-0.05, 0) is 17.7 Å². The maximum Gasteiger partial charge on any atom is 0.134 e. The Morgan fingerprint density at radius 3 is 2.90 bits per heavy atom. The Morgan fingerprint density at radius 1 is 1.20 bits per heavy atom. The van der Waals surface area contributed by atoms with Crippen LogP contribution in [-0.2, 0) is 11.3 Å². The summed E-state index contributed by atoms with van der Waals surface area (Å²) >= 11 is 0. The Hall–Kier alpha value is -1.62. The number of morpholine rings is 1. The van der Waals surface area contributed by atoms with Crippen LogP contribution in [0.25, 0.3) is 11.3 Å². The van der Waals surface area contributed by atoms with Crippen LogP contribution in [0, 0.1) is 0 Å². The second-order valence-electron chi connectivity index (χ2n) is 5.10. The van der Waals surface area contributed by atoms with Crippen LogP contribution < -0.4 is 5.73 Å². The van der Waals surface area contributed by atoms with Gasteiger partial charge in [0.15, 0.2) is 0 Å². The predicted octanol–water partition coefficient (Wildman–Crippen LogP) is 2.11. The Balaban J connectivity index is 1.77. The third-order valence-corrected chi connectivity index (χ3v) is 3.68. The molecule has 0 radical (unpaired) electrons. The van der Waals surface area contributed by atoms with E-state index in [1.807, 2.05) is 18.2 Å². The summed E-state index contributed by atoms with van der Waals surface area (Å²) in [6.45, 7) is 4.07. The van der Waals surface area contributed by atoms with E-state index < -0.39 is 0 Å². The van der Waals surface area contributed by atoms with E-state index in [9.17, 15) is 0 Å². The third kappa shape index (κ3) is 2.93. The number of hydrogen-bond donors (Lipinski definition) is 1. The van der Waals surface area contributed by atoms with Crippen LogP contribution in [0.2, 0.25) is 0 Å². The molecule has 0 saturated carbocycles. The fourth-order valence-electron chi connectivity index (χ4n) is 2.64. The molecule has 2 heterocycles. The minimum absolute atomic E-state index is 0.152. The molecule has 0 amide bonds. The van der Waals surface area contributed by atoms with Crippen LogP contribution in [0.5, 0.6) is 0 Å². The molecule has 3 rings (SSSR count). The second-order valence-corrected chi connectivity index (χ2v) is 5.10. The number of hydrogen-bond acceptors (Lipinski definition) is 4. The predicted molar refractivity (Wildman–Crippen MR) is 78.2 cm³/mol. The van der Waals surface area contributed by atoms with Crippen molar-refractivity contribution in [2.24, 2.45) is 5.73 Å². The van der Waals surface area contributed by atoms with Gasteiger partial charge < -0.3 is 14.9 Å². The lowest BCUT2D eigenvalue weighted by molar-refractivity contribution is -0.0260.